The van der Waals surface area contributed by atoms with E-state index in [1.807, 2.05) is 0 Å². The molecule has 0 radical (unpaired) electrons. The highest BCUT2D eigenvalue weighted by Crippen LogP contribution is 1.93. The number of carbonyl (C=O) groups excluding carboxylic acids is 4. The zero-order chi connectivity index (χ0) is 19.7. The Hall–Kier alpha value is -2.73. The van der Waals surface area contributed by atoms with Crippen LogP contribution in [0.1, 0.15) is 20.3 Å². The van der Waals surface area contributed by atoms with Crippen molar-refractivity contribution >= 4 is 29.6 Å². The summed E-state index contributed by atoms with van der Waals surface area (Å²) in [5.74, 6) is -4.62. The number of aliphatic hydroxyl groups excluding tert-OH is 1. The van der Waals surface area contributed by atoms with Gasteiger partial charge in [0.15, 0.2) is 0 Å². The molecule has 4 amide bonds. The molecule has 0 aliphatic rings. The monoisotopic (exact) mass is 361 g/mol. The van der Waals surface area contributed by atoms with E-state index in [1.54, 1.807) is 0 Å². The van der Waals surface area contributed by atoms with Crippen molar-refractivity contribution in [2.75, 3.05) is 6.61 Å². The first kappa shape index (κ1) is 22.3. The van der Waals surface area contributed by atoms with Gasteiger partial charge in [-0.25, -0.2) is 0 Å². The third kappa shape index (κ3) is 8.08. The molecular weight excluding hydrogens is 338 g/mol. The van der Waals surface area contributed by atoms with Crippen LogP contribution in [0.3, 0.4) is 0 Å². The molecule has 0 bridgehead atoms. The summed E-state index contributed by atoms with van der Waals surface area (Å²) in [5, 5.41) is 24.4. The fourth-order valence-electron chi connectivity index (χ4n) is 1.56. The summed E-state index contributed by atoms with van der Waals surface area (Å²) in [6, 6.07) is -5.00. The van der Waals surface area contributed by atoms with E-state index < -0.39 is 66.8 Å². The lowest BCUT2D eigenvalue weighted by atomic mass is 10.1. The van der Waals surface area contributed by atoms with Crippen LogP contribution >= 0.6 is 0 Å². The van der Waals surface area contributed by atoms with E-state index in [9.17, 15) is 29.1 Å². The van der Waals surface area contributed by atoms with Gasteiger partial charge in [-0.05, 0) is 13.8 Å². The van der Waals surface area contributed by atoms with E-state index in [4.69, 9.17) is 16.6 Å². The van der Waals surface area contributed by atoms with Crippen LogP contribution in [-0.2, 0) is 24.0 Å². The summed E-state index contributed by atoms with van der Waals surface area (Å²) in [6.07, 6.45) is -0.447. The van der Waals surface area contributed by atoms with Gasteiger partial charge in [0.25, 0.3) is 0 Å². The minimum atomic E-state index is -1.42. The third-order valence-corrected chi connectivity index (χ3v) is 3.05. The van der Waals surface area contributed by atoms with Crippen LogP contribution < -0.4 is 27.4 Å². The van der Waals surface area contributed by atoms with Gasteiger partial charge in [0.05, 0.1) is 19.1 Å². The minimum Gasteiger partial charge on any atom is -0.480 e. The van der Waals surface area contributed by atoms with Crippen molar-refractivity contribution in [3.63, 3.8) is 0 Å². The Kier molecular flexibility index (Phi) is 9.09. The van der Waals surface area contributed by atoms with E-state index in [0.29, 0.717) is 0 Å². The van der Waals surface area contributed by atoms with Gasteiger partial charge in [0.2, 0.25) is 23.6 Å². The summed E-state index contributed by atoms with van der Waals surface area (Å²) in [4.78, 5) is 56.8. The number of hydrogen-bond donors (Lipinski definition) is 7. The van der Waals surface area contributed by atoms with Crippen LogP contribution in [0.5, 0.6) is 0 Å². The van der Waals surface area contributed by atoms with Crippen LogP contribution in [0.25, 0.3) is 0 Å². The second-order valence-corrected chi connectivity index (χ2v) is 5.32. The van der Waals surface area contributed by atoms with Crippen LogP contribution in [0, 0.1) is 0 Å². The number of carbonyl (C=O) groups is 5. The molecule has 0 heterocycles. The van der Waals surface area contributed by atoms with Crippen molar-refractivity contribution in [2.45, 2.75) is 44.4 Å². The lowest BCUT2D eigenvalue weighted by molar-refractivity contribution is -0.141. The standard InChI is InChI=1S/C13H23N5O7/c1-5(10(21)17-6(2)13(24)25)16-12(23)8(4-19)18-11(22)7(14)3-9(15)20/h5-8,19H,3-4,14H2,1-2H3,(H2,15,20)(H,16,23)(H,17,21)(H,18,22)(H,24,25). The van der Waals surface area contributed by atoms with Crippen molar-refractivity contribution in [2.24, 2.45) is 11.5 Å². The summed E-state index contributed by atoms with van der Waals surface area (Å²) in [6.45, 7) is 1.74. The number of nitrogens with one attached hydrogen (secondary N) is 3. The average molecular weight is 361 g/mol. The van der Waals surface area contributed by atoms with Crippen molar-refractivity contribution in [3.05, 3.63) is 0 Å². The molecule has 4 unspecified atom stereocenters. The fourth-order valence-corrected chi connectivity index (χ4v) is 1.56. The van der Waals surface area contributed by atoms with Gasteiger partial charge in [-0.2, -0.15) is 0 Å². The number of rotatable bonds is 10. The van der Waals surface area contributed by atoms with E-state index in [1.165, 1.54) is 13.8 Å². The Morgan fingerprint density at radius 3 is 1.88 bits per heavy atom. The number of carboxylic acids is 1. The molecule has 4 atom stereocenters. The van der Waals surface area contributed by atoms with Crippen molar-refractivity contribution < 1.29 is 34.2 Å². The molecule has 0 fully saturated rings. The van der Waals surface area contributed by atoms with Crippen LogP contribution in [-0.4, -0.2) is 70.6 Å². The van der Waals surface area contributed by atoms with Gasteiger partial charge in [-0.3, -0.25) is 24.0 Å². The first-order chi connectivity index (χ1) is 11.5. The molecule has 0 aromatic heterocycles. The van der Waals surface area contributed by atoms with E-state index in [-0.39, 0.29) is 0 Å². The van der Waals surface area contributed by atoms with Gasteiger partial charge in [0.1, 0.15) is 18.1 Å². The van der Waals surface area contributed by atoms with Gasteiger partial charge in [-0.15, -0.1) is 0 Å². The largest absolute Gasteiger partial charge is 0.480 e. The highest BCUT2D eigenvalue weighted by molar-refractivity contribution is 5.94. The number of primary amides is 1. The highest BCUT2D eigenvalue weighted by atomic mass is 16.4. The van der Waals surface area contributed by atoms with Gasteiger partial charge in [0, 0.05) is 0 Å². The maximum Gasteiger partial charge on any atom is 0.325 e. The van der Waals surface area contributed by atoms with E-state index >= 15 is 0 Å². The quantitative estimate of drug-likeness (QED) is 0.202. The third-order valence-electron chi connectivity index (χ3n) is 3.05. The first-order valence-electron chi connectivity index (χ1n) is 7.28. The SMILES string of the molecule is CC(NC(=O)C(C)NC(=O)C(CO)NC(=O)C(N)CC(N)=O)C(=O)O. The molecule has 142 valence electrons. The maximum absolute atomic E-state index is 12.0. The number of nitrogens with two attached hydrogens (primary N) is 2. The Morgan fingerprint density at radius 1 is 0.920 bits per heavy atom. The van der Waals surface area contributed by atoms with Crippen LogP contribution in [0.4, 0.5) is 0 Å². The number of aliphatic carboxylic acids is 1. The molecule has 0 saturated carbocycles. The zero-order valence-corrected chi connectivity index (χ0v) is 13.8. The molecule has 9 N–H and O–H groups in total. The summed E-state index contributed by atoms with van der Waals surface area (Å²) in [7, 11) is 0. The molecule has 0 aromatic carbocycles. The van der Waals surface area contributed by atoms with E-state index in [0.717, 1.165) is 0 Å². The average Bonchev–Trinajstić information content (AvgIpc) is 2.50. The number of amides is 4. The van der Waals surface area contributed by atoms with Crippen LogP contribution in [0.2, 0.25) is 0 Å². The minimum absolute atomic E-state index is 0.447. The molecule has 12 nitrogen and oxygen atoms in total. The Morgan fingerprint density at radius 2 is 1.44 bits per heavy atom. The summed E-state index contributed by atoms with van der Waals surface area (Å²) >= 11 is 0. The van der Waals surface area contributed by atoms with Crippen molar-refractivity contribution in [3.8, 4) is 0 Å². The molecule has 0 aromatic rings. The van der Waals surface area contributed by atoms with Crippen LogP contribution in [0.15, 0.2) is 0 Å². The predicted molar refractivity (Wildman–Crippen MR) is 83.6 cm³/mol. The smallest absolute Gasteiger partial charge is 0.325 e. The number of hydrogen-bond acceptors (Lipinski definition) is 7. The molecule has 12 heteroatoms. The normalized spacial score (nSPS) is 15.2. The zero-order valence-electron chi connectivity index (χ0n) is 13.8. The topological polar surface area (TPSA) is 214 Å². The van der Waals surface area contributed by atoms with Crippen molar-refractivity contribution in [1.82, 2.24) is 16.0 Å². The van der Waals surface area contributed by atoms with Crippen molar-refractivity contribution in [1.29, 1.82) is 0 Å². The first-order valence-corrected chi connectivity index (χ1v) is 7.28. The molecule has 0 saturated heterocycles. The lowest BCUT2D eigenvalue weighted by Gasteiger charge is -2.21. The molecular formula is C13H23N5O7. The summed E-state index contributed by atoms with van der Waals surface area (Å²) < 4.78 is 0. The fraction of sp³-hybridized carbons (Fsp3) is 0.615. The Balaban J connectivity index is 4.67. The lowest BCUT2D eigenvalue weighted by Crippen LogP contribution is -2.57. The molecule has 0 aliphatic heterocycles. The number of aliphatic hydroxyl groups is 1. The van der Waals surface area contributed by atoms with Gasteiger partial charge in [-0.1, -0.05) is 0 Å². The number of carboxylic acid groups (broad SMARTS) is 1. The van der Waals surface area contributed by atoms with Gasteiger partial charge < -0.3 is 37.6 Å². The predicted octanol–water partition coefficient (Wildman–Crippen LogP) is -4.24. The maximum atomic E-state index is 12.0. The van der Waals surface area contributed by atoms with Gasteiger partial charge >= 0.3 is 5.97 Å². The Labute approximate surface area is 143 Å². The molecule has 0 aliphatic carbocycles. The molecule has 0 rings (SSSR count). The Bertz CT molecular complexity index is 539. The summed E-state index contributed by atoms with van der Waals surface area (Å²) in [5.41, 5.74) is 10.3. The second-order valence-electron chi connectivity index (χ2n) is 5.32. The second kappa shape index (κ2) is 10.2. The highest BCUT2D eigenvalue weighted by Gasteiger charge is 2.27. The molecule has 25 heavy (non-hydrogen) atoms. The van der Waals surface area contributed by atoms with E-state index in [2.05, 4.69) is 16.0 Å². The molecule has 0 spiro atoms.